The van der Waals surface area contributed by atoms with Crippen molar-refractivity contribution in [2.75, 3.05) is 31.1 Å². The van der Waals surface area contributed by atoms with Crippen LogP contribution in [0.15, 0.2) is 48.5 Å². The maximum atomic E-state index is 12.7. The van der Waals surface area contributed by atoms with Crippen LogP contribution in [-0.4, -0.2) is 55.2 Å². The van der Waals surface area contributed by atoms with Crippen LogP contribution in [0.1, 0.15) is 41.8 Å². The lowest BCUT2D eigenvalue weighted by Gasteiger charge is -2.35. The second kappa shape index (κ2) is 9.62. The van der Waals surface area contributed by atoms with Crippen molar-refractivity contribution in [3.63, 3.8) is 0 Å². The maximum absolute atomic E-state index is 12.7. The van der Waals surface area contributed by atoms with Gasteiger partial charge >= 0.3 is 5.97 Å². The molecule has 0 N–H and O–H groups in total. The normalized spacial score (nSPS) is 21.4. The number of esters is 1. The Kier molecular flexibility index (Phi) is 6.68. The minimum atomic E-state index is -0.473. The molecule has 0 bridgehead atoms. The number of para-hydroxylation sites is 1. The quantitative estimate of drug-likeness (QED) is 0.691. The molecule has 2 aliphatic rings. The summed E-state index contributed by atoms with van der Waals surface area (Å²) in [4.78, 5) is 29.2. The SMILES string of the molecule is CC1CN(Cc2ccc(C(=O)OCC(=O)N3CCCc4ccccc43)cc2)CC(C)O1. The molecule has 2 aliphatic heterocycles. The summed E-state index contributed by atoms with van der Waals surface area (Å²) in [6.45, 7) is 7.20. The van der Waals surface area contributed by atoms with Crippen molar-refractivity contribution in [3.8, 4) is 0 Å². The van der Waals surface area contributed by atoms with E-state index in [0.717, 1.165) is 49.3 Å². The third-order valence-corrected chi connectivity index (χ3v) is 5.83. The Morgan fingerprint density at radius 3 is 2.48 bits per heavy atom. The Bertz CT molecular complexity index is 917. The van der Waals surface area contributed by atoms with Gasteiger partial charge in [-0.15, -0.1) is 0 Å². The van der Waals surface area contributed by atoms with Gasteiger partial charge in [0.1, 0.15) is 0 Å². The Balaban J connectivity index is 1.31. The molecule has 2 aromatic carbocycles. The van der Waals surface area contributed by atoms with Crippen molar-refractivity contribution in [2.45, 2.75) is 45.4 Å². The number of carbonyl (C=O) groups excluding carboxylic acids is 2. The van der Waals surface area contributed by atoms with Crippen LogP contribution in [0.3, 0.4) is 0 Å². The molecule has 0 aromatic heterocycles. The summed E-state index contributed by atoms with van der Waals surface area (Å²) in [7, 11) is 0. The number of fused-ring (bicyclic) bond motifs is 1. The Hall–Kier alpha value is -2.70. The number of rotatable bonds is 5. The molecule has 1 saturated heterocycles. The van der Waals surface area contributed by atoms with Crippen molar-refractivity contribution >= 4 is 17.6 Å². The molecule has 2 atom stereocenters. The average Bonchev–Trinajstić information content (AvgIpc) is 2.76. The van der Waals surface area contributed by atoms with Crippen LogP contribution < -0.4 is 4.90 Å². The number of anilines is 1. The van der Waals surface area contributed by atoms with Gasteiger partial charge in [0.15, 0.2) is 6.61 Å². The van der Waals surface area contributed by atoms with E-state index in [0.29, 0.717) is 12.1 Å². The van der Waals surface area contributed by atoms with Crippen LogP contribution in [0.5, 0.6) is 0 Å². The summed E-state index contributed by atoms with van der Waals surface area (Å²) in [5, 5.41) is 0. The summed E-state index contributed by atoms with van der Waals surface area (Å²) in [5.41, 5.74) is 3.68. The second-order valence-electron chi connectivity index (χ2n) is 8.50. The number of benzene rings is 2. The van der Waals surface area contributed by atoms with Crippen molar-refractivity contribution < 1.29 is 19.1 Å². The molecule has 1 amide bonds. The molecule has 2 unspecified atom stereocenters. The van der Waals surface area contributed by atoms with Crippen molar-refractivity contribution in [2.24, 2.45) is 0 Å². The fourth-order valence-corrected chi connectivity index (χ4v) is 4.50. The molecule has 0 spiro atoms. The van der Waals surface area contributed by atoms with Crippen LogP contribution in [0.2, 0.25) is 0 Å². The highest BCUT2D eigenvalue weighted by Crippen LogP contribution is 2.26. The Morgan fingerprint density at radius 2 is 1.74 bits per heavy atom. The number of ether oxygens (including phenoxy) is 2. The standard InChI is InChI=1S/C25H30N2O4/c1-18-14-26(15-19(2)31-18)16-20-9-11-22(12-10-20)25(29)30-17-24(28)27-13-5-7-21-6-3-4-8-23(21)27/h3-4,6,8-12,18-19H,5,7,13-17H2,1-2H3. The van der Waals surface area contributed by atoms with Crippen LogP contribution in [-0.2, 0) is 27.2 Å². The molecule has 6 nitrogen and oxygen atoms in total. The fourth-order valence-electron chi connectivity index (χ4n) is 4.50. The van der Waals surface area contributed by atoms with Gasteiger partial charge in [0.25, 0.3) is 5.91 Å². The predicted octanol–water partition coefficient (Wildman–Crippen LogP) is 3.43. The lowest BCUT2D eigenvalue weighted by atomic mass is 10.0. The van der Waals surface area contributed by atoms with E-state index < -0.39 is 5.97 Å². The zero-order valence-corrected chi connectivity index (χ0v) is 18.3. The highest BCUT2D eigenvalue weighted by molar-refractivity contribution is 5.97. The summed E-state index contributed by atoms with van der Waals surface area (Å²) in [6.07, 6.45) is 2.33. The molecule has 0 radical (unpaired) electrons. The lowest BCUT2D eigenvalue weighted by molar-refractivity contribution is -0.121. The van der Waals surface area contributed by atoms with Crippen LogP contribution in [0.4, 0.5) is 5.69 Å². The fraction of sp³-hybridized carbons (Fsp3) is 0.440. The topological polar surface area (TPSA) is 59.1 Å². The van der Waals surface area contributed by atoms with Crippen LogP contribution in [0.25, 0.3) is 0 Å². The minimum Gasteiger partial charge on any atom is -0.452 e. The maximum Gasteiger partial charge on any atom is 0.338 e. The van der Waals surface area contributed by atoms with Gasteiger partial charge in [0.05, 0.1) is 17.8 Å². The van der Waals surface area contributed by atoms with Crippen LogP contribution in [0, 0.1) is 0 Å². The highest BCUT2D eigenvalue weighted by Gasteiger charge is 2.24. The second-order valence-corrected chi connectivity index (χ2v) is 8.50. The van der Waals surface area contributed by atoms with Gasteiger partial charge in [0, 0.05) is 31.9 Å². The molecular formula is C25H30N2O4. The molecular weight excluding hydrogens is 392 g/mol. The third-order valence-electron chi connectivity index (χ3n) is 5.83. The first kappa shape index (κ1) is 21.5. The summed E-state index contributed by atoms with van der Waals surface area (Å²) in [5.74, 6) is -0.661. The number of nitrogens with zero attached hydrogens (tertiary/aromatic N) is 2. The van der Waals surface area contributed by atoms with E-state index in [1.54, 1.807) is 17.0 Å². The molecule has 2 heterocycles. The van der Waals surface area contributed by atoms with E-state index in [-0.39, 0.29) is 24.7 Å². The molecule has 164 valence electrons. The van der Waals surface area contributed by atoms with E-state index in [1.165, 1.54) is 0 Å². The first-order valence-electron chi connectivity index (χ1n) is 11.0. The van der Waals surface area contributed by atoms with Gasteiger partial charge < -0.3 is 14.4 Å². The average molecular weight is 423 g/mol. The largest absolute Gasteiger partial charge is 0.452 e. The minimum absolute atomic E-state index is 0.187. The number of amides is 1. The van der Waals surface area contributed by atoms with Gasteiger partial charge in [-0.2, -0.15) is 0 Å². The smallest absolute Gasteiger partial charge is 0.338 e. The van der Waals surface area contributed by atoms with Crippen molar-refractivity contribution in [3.05, 3.63) is 65.2 Å². The lowest BCUT2D eigenvalue weighted by Crippen LogP contribution is -2.44. The van der Waals surface area contributed by atoms with Crippen molar-refractivity contribution in [1.29, 1.82) is 0 Å². The predicted molar refractivity (Wildman–Crippen MR) is 119 cm³/mol. The first-order chi connectivity index (χ1) is 15.0. The van der Waals surface area contributed by atoms with E-state index in [9.17, 15) is 9.59 Å². The Labute approximate surface area is 183 Å². The number of hydrogen-bond donors (Lipinski definition) is 0. The summed E-state index contributed by atoms with van der Waals surface area (Å²) in [6, 6.07) is 15.3. The van der Waals surface area contributed by atoms with E-state index in [2.05, 4.69) is 18.7 Å². The van der Waals surface area contributed by atoms with Gasteiger partial charge in [-0.3, -0.25) is 9.69 Å². The van der Waals surface area contributed by atoms with E-state index >= 15 is 0 Å². The van der Waals surface area contributed by atoms with Crippen molar-refractivity contribution in [1.82, 2.24) is 4.90 Å². The zero-order valence-electron chi connectivity index (χ0n) is 18.3. The molecule has 31 heavy (non-hydrogen) atoms. The third kappa shape index (κ3) is 5.32. The molecule has 0 saturated carbocycles. The molecule has 6 heteroatoms. The zero-order chi connectivity index (χ0) is 21.8. The highest BCUT2D eigenvalue weighted by atomic mass is 16.5. The van der Waals surface area contributed by atoms with E-state index in [1.807, 2.05) is 36.4 Å². The van der Waals surface area contributed by atoms with Gasteiger partial charge in [-0.25, -0.2) is 4.79 Å². The number of morpholine rings is 1. The first-order valence-corrected chi connectivity index (χ1v) is 11.0. The Morgan fingerprint density at radius 1 is 1.03 bits per heavy atom. The number of aryl methyl sites for hydroxylation is 1. The molecule has 1 fully saturated rings. The van der Waals surface area contributed by atoms with Gasteiger partial charge in [-0.05, 0) is 56.0 Å². The summed E-state index contributed by atoms with van der Waals surface area (Å²) >= 11 is 0. The number of hydrogen-bond acceptors (Lipinski definition) is 5. The monoisotopic (exact) mass is 422 g/mol. The number of carbonyl (C=O) groups is 2. The van der Waals surface area contributed by atoms with Gasteiger partial charge in [0.2, 0.25) is 0 Å². The van der Waals surface area contributed by atoms with Gasteiger partial charge in [-0.1, -0.05) is 30.3 Å². The molecule has 0 aliphatic carbocycles. The summed E-state index contributed by atoms with van der Waals surface area (Å²) < 4.78 is 11.1. The van der Waals surface area contributed by atoms with E-state index in [4.69, 9.17) is 9.47 Å². The molecule has 4 rings (SSSR count). The van der Waals surface area contributed by atoms with Crippen LogP contribution >= 0.6 is 0 Å². The molecule has 2 aromatic rings.